The van der Waals surface area contributed by atoms with Crippen molar-refractivity contribution in [3.63, 3.8) is 0 Å². The first-order valence-electron chi connectivity index (χ1n) is 7.00. The molecule has 0 atom stereocenters. The molecule has 0 radical (unpaired) electrons. The molecule has 0 amide bonds. The molecule has 2 aromatic carbocycles. The molecular weight excluding hydrogens is 335 g/mol. The molecule has 0 fully saturated rings. The fraction of sp³-hybridized carbons (Fsp3) is 0.118. The highest BCUT2D eigenvalue weighted by molar-refractivity contribution is 6.33. The molecule has 2 N–H and O–H groups in total. The molecule has 3 aromatic rings. The summed E-state index contributed by atoms with van der Waals surface area (Å²) in [6.45, 7) is 0.334. The summed E-state index contributed by atoms with van der Waals surface area (Å²) < 4.78 is 5.72. The molecule has 0 aliphatic heterocycles. The predicted octanol–water partition coefficient (Wildman–Crippen LogP) is 4.75. The quantitative estimate of drug-likeness (QED) is 0.698. The van der Waals surface area contributed by atoms with E-state index in [1.807, 2.05) is 18.2 Å². The second-order valence-electron chi connectivity index (χ2n) is 4.92. The van der Waals surface area contributed by atoms with Crippen molar-refractivity contribution >= 4 is 28.9 Å². The van der Waals surface area contributed by atoms with Crippen molar-refractivity contribution in [3.05, 3.63) is 70.2 Å². The van der Waals surface area contributed by atoms with E-state index in [1.165, 1.54) is 0 Å². The van der Waals surface area contributed by atoms with E-state index in [0.717, 1.165) is 16.8 Å². The average molecular weight is 349 g/mol. The number of nitrogens with zero attached hydrogens (tertiary/aromatic N) is 1. The minimum Gasteiger partial charge on any atom is -0.439 e. The van der Waals surface area contributed by atoms with Gasteiger partial charge in [0, 0.05) is 5.56 Å². The third-order valence-electron chi connectivity index (χ3n) is 3.34. The van der Waals surface area contributed by atoms with Crippen LogP contribution in [0.4, 0.5) is 5.69 Å². The normalized spacial score (nSPS) is 10.7. The number of benzene rings is 2. The molecule has 0 saturated carbocycles. The topological polar surface area (TPSA) is 58.3 Å². The van der Waals surface area contributed by atoms with E-state index >= 15 is 0 Å². The number of aromatic nitrogens is 1. The summed E-state index contributed by atoms with van der Waals surface area (Å²) in [6.07, 6.45) is 1.64. The summed E-state index contributed by atoms with van der Waals surface area (Å²) in [4.78, 5) is 4.24. The summed E-state index contributed by atoms with van der Waals surface area (Å²) in [7, 11) is 0. The molecular formula is C17H14Cl2N2O2. The van der Waals surface area contributed by atoms with E-state index in [0.29, 0.717) is 28.2 Å². The maximum atomic E-state index is 9.18. The molecule has 23 heavy (non-hydrogen) atoms. The van der Waals surface area contributed by atoms with Gasteiger partial charge in [-0.1, -0.05) is 41.4 Å². The van der Waals surface area contributed by atoms with Gasteiger partial charge in [-0.25, -0.2) is 4.98 Å². The maximum absolute atomic E-state index is 9.18. The van der Waals surface area contributed by atoms with Crippen molar-refractivity contribution in [3.8, 4) is 11.3 Å². The smallest absolute Gasteiger partial charge is 0.214 e. The van der Waals surface area contributed by atoms with Gasteiger partial charge in [0.15, 0.2) is 5.76 Å². The lowest BCUT2D eigenvalue weighted by atomic mass is 10.2. The third kappa shape index (κ3) is 3.67. The molecule has 1 heterocycles. The average Bonchev–Trinajstić information content (AvgIpc) is 3.03. The Morgan fingerprint density at radius 1 is 1.09 bits per heavy atom. The van der Waals surface area contributed by atoms with Crippen molar-refractivity contribution in [1.29, 1.82) is 0 Å². The molecule has 6 heteroatoms. The van der Waals surface area contributed by atoms with Gasteiger partial charge >= 0.3 is 0 Å². The number of hydrogen-bond donors (Lipinski definition) is 2. The molecule has 0 unspecified atom stereocenters. The van der Waals surface area contributed by atoms with Crippen LogP contribution in [-0.4, -0.2) is 10.1 Å². The number of nitrogens with one attached hydrogen (secondary N) is 1. The Labute approximate surface area is 143 Å². The first kappa shape index (κ1) is 15.9. The van der Waals surface area contributed by atoms with Gasteiger partial charge in [0.05, 0.1) is 35.1 Å². The molecule has 3 rings (SSSR count). The van der Waals surface area contributed by atoms with E-state index in [-0.39, 0.29) is 6.61 Å². The van der Waals surface area contributed by atoms with Crippen molar-refractivity contribution < 1.29 is 9.52 Å². The van der Waals surface area contributed by atoms with Gasteiger partial charge in [-0.05, 0) is 29.8 Å². The lowest BCUT2D eigenvalue weighted by molar-refractivity contribution is 0.282. The van der Waals surface area contributed by atoms with E-state index in [4.69, 9.17) is 27.6 Å². The summed E-state index contributed by atoms with van der Waals surface area (Å²) in [6, 6.07) is 12.7. The van der Waals surface area contributed by atoms with Crippen LogP contribution in [-0.2, 0) is 13.2 Å². The Balaban J connectivity index is 1.74. The minimum absolute atomic E-state index is 0.0402. The fourth-order valence-electron chi connectivity index (χ4n) is 2.15. The van der Waals surface area contributed by atoms with Crippen LogP contribution in [0.25, 0.3) is 11.3 Å². The number of aliphatic hydroxyl groups excluding tert-OH is 1. The zero-order chi connectivity index (χ0) is 16.2. The van der Waals surface area contributed by atoms with Crippen molar-refractivity contribution in [2.75, 3.05) is 5.32 Å². The van der Waals surface area contributed by atoms with Gasteiger partial charge in [-0.15, -0.1) is 0 Å². The van der Waals surface area contributed by atoms with Crippen LogP contribution in [0.15, 0.2) is 53.1 Å². The van der Waals surface area contributed by atoms with Crippen molar-refractivity contribution in [2.45, 2.75) is 13.2 Å². The van der Waals surface area contributed by atoms with Crippen LogP contribution in [0, 0.1) is 0 Å². The Bertz CT molecular complexity index is 818. The van der Waals surface area contributed by atoms with Crippen LogP contribution < -0.4 is 5.32 Å². The second kappa shape index (κ2) is 7.04. The molecule has 1 aromatic heterocycles. The largest absolute Gasteiger partial charge is 0.439 e. The first-order chi connectivity index (χ1) is 11.2. The monoisotopic (exact) mass is 348 g/mol. The third-order valence-corrected chi connectivity index (χ3v) is 4.00. The summed E-state index contributed by atoms with van der Waals surface area (Å²) >= 11 is 12.3. The van der Waals surface area contributed by atoms with Crippen LogP contribution in [0.3, 0.4) is 0 Å². The highest BCUT2D eigenvalue weighted by Gasteiger charge is 2.10. The summed E-state index contributed by atoms with van der Waals surface area (Å²) in [5.41, 5.74) is 2.30. The number of rotatable bonds is 5. The number of aliphatic hydroxyl groups is 1. The highest BCUT2D eigenvalue weighted by atomic mass is 35.5. The number of halogens is 2. The van der Waals surface area contributed by atoms with E-state index in [1.54, 1.807) is 30.5 Å². The van der Waals surface area contributed by atoms with Crippen molar-refractivity contribution in [2.24, 2.45) is 0 Å². The summed E-state index contributed by atoms with van der Waals surface area (Å²) in [5, 5.41) is 13.5. The maximum Gasteiger partial charge on any atom is 0.214 e. The van der Waals surface area contributed by atoms with Gasteiger partial charge in [-0.2, -0.15) is 0 Å². The minimum atomic E-state index is -0.0402. The van der Waals surface area contributed by atoms with Gasteiger partial charge in [0.2, 0.25) is 5.89 Å². The SMILES string of the molecule is OCc1ccc(Cl)c(NCc2ncc(-c3ccccc3Cl)o2)c1. The van der Waals surface area contributed by atoms with E-state index < -0.39 is 0 Å². The molecule has 0 aliphatic rings. The van der Waals surface area contributed by atoms with E-state index in [9.17, 15) is 5.11 Å². The fourth-order valence-corrected chi connectivity index (χ4v) is 2.57. The molecule has 0 saturated heterocycles. The van der Waals surface area contributed by atoms with Crippen molar-refractivity contribution in [1.82, 2.24) is 4.98 Å². The zero-order valence-electron chi connectivity index (χ0n) is 12.1. The standard InChI is InChI=1S/C17H14Cl2N2O2/c18-13-4-2-1-3-12(13)16-8-21-17(23-16)9-20-15-7-11(10-22)5-6-14(15)19/h1-8,20,22H,9-10H2. The zero-order valence-corrected chi connectivity index (χ0v) is 13.6. The van der Waals surface area contributed by atoms with Crippen LogP contribution >= 0.6 is 23.2 Å². The number of anilines is 1. The molecule has 0 spiro atoms. The Kier molecular flexibility index (Phi) is 4.86. The Morgan fingerprint density at radius 2 is 1.91 bits per heavy atom. The van der Waals surface area contributed by atoms with E-state index in [2.05, 4.69) is 10.3 Å². The molecule has 4 nitrogen and oxygen atoms in total. The number of oxazole rings is 1. The van der Waals surface area contributed by atoms with Crippen LogP contribution in [0.5, 0.6) is 0 Å². The lowest BCUT2D eigenvalue weighted by Gasteiger charge is -2.08. The Hall–Kier alpha value is -2.01. The van der Waals surface area contributed by atoms with Gasteiger partial charge < -0.3 is 14.8 Å². The molecule has 0 bridgehead atoms. The van der Waals surface area contributed by atoms with Gasteiger partial charge in [0.1, 0.15) is 0 Å². The number of hydrogen-bond acceptors (Lipinski definition) is 4. The predicted molar refractivity (Wildman–Crippen MR) is 91.7 cm³/mol. The molecule has 0 aliphatic carbocycles. The van der Waals surface area contributed by atoms with Gasteiger partial charge in [0.25, 0.3) is 0 Å². The highest BCUT2D eigenvalue weighted by Crippen LogP contribution is 2.28. The van der Waals surface area contributed by atoms with Gasteiger partial charge in [-0.3, -0.25) is 0 Å². The van der Waals surface area contributed by atoms with Crippen LogP contribution in [0.1, 0.15) is 11.5 Å². The first-order valence-corrected chi connectivity index (χ1v) is 7.75. The second-order valence-corrected chi connectivity index (χ2v) is 5.74. The van der Waals surface area contributed by atoms with Crippen LogP contribution in [0.2, 0.25) is 10.0 Å². The lowest BCUT2D eigenvalue weighted by Crippen LogP contribution is -2.01. The Morgan fingerprint density at radius 3 is 2.70 bits per heavy atom. The summed E-state index contributed by atoms with van der Waals surface area (Å²) in [5.74, 6) is 1.13. The molecule has 118 valence electrons.